The first kappa shape index (κ1) is 14.1. The molecule has 3 N–H and O–H groups in total. The van der Waals surface area contributed by atoms with Crippen molar-refractivity contribution in [3.63, 3.8) is 0 Å². The molecule has 1 saturated heterocycles. The number of para-hydroxylation sites is 1. The van der Waals surface area contributed by atoms with Gasteiger partial charge in [0.05, 0.1) is 6.10 Å². The third-order valence-corrected chi connectivity index (χ3v) is 3.85. The van der Waals surface area contributed by atoms with E-state index >= 15 is 0 Å². The van der Waals surface area contributed by atoms with Crippen molar-refractivity contribution in [2.45, 2.75) is 31.4 Å². The van der Waals surface area contributed by atoms with E-state index < -0.39 is 6.04 Å². The Labute approximate surface area is 123 Å². The van der Waals surface area contributed by atoms with Gasteiger partial charge in [0.1, 0.15) is 12.6 Å². The van der Waals surface area contributed by atoms with E-state index in [1.807, 2.05) is 30.5 Å². The zero-order chi connectivity index (χ0) is 14.7. The molecule has 1 aromatic carbocycles. The van der Waals surface area contributed by atoms with Gasteiger partial charge in [-0.2, -0.15) is 0 Å². The van der Waals surface area contributed by atoms with Crippen LogP contribution in [0.15, 0.2) is 30.5 Å². The Morgan fingerprint density at radius 3 is 3.14 bits per heavy atom. The van der Waals surface area contributed by atoms with Gasteiger partial charge in [-0.3, -0.25) is 4.79 Å². The summed E-state index contributed by atoms with van der Waals surface area (Å²) in [7, 11) is 0. The van der Waals surface area contributed by atoms with Gasteiger partial charge in [0.15, 0.2) is 0 Å². The lowest BCUT2D eigenvalue weighted by Gasteiger charge is -2.14. The highest BCUT2D eigenvalue weighted by atomic mass is 16.6. The highest BCUT2D eigenvalue weighted by Crippen LogP contribution is 2.19. The number of fused-ring (bicyclic) bond motifs is 1. The van der Waals surface area contributed by atoms with Gasteiger partial charge in [0.2, 0.25) is 0 Å². The van der Waals surface area contributed by atoms with Gasteiger partial charge >= 0.3 is 5.97 Å². The van der Waals surface area contributed by atoms with Gasteiger partial charge in [0.25, 0.3) is 0 Å². The zero-order valence-electron chi connectivity index (χ0n) is 11.9. The average molecular weight is 288 g/mol. The van der Waals surface area contributed by atoms with E-state index in [-0.39, 0.29) is 12.1 Å². The lowest BCUT2D eigenvalue weighted by atomic mass is 10.1. The fourth-order valence-electron chi connectivity index (χ4n) is 2.68. The predicted octanol–water partition coefficient (Wildman–Crippen LogP) is 1.76. The van der Waals surface area contributed by atoms with Gasteiger partial charge in [0, 0.05) is 30.1 Å². The maximum Gasteiger partial charge on any atom is 0.323 e. The molecular formula is C16H20N2O3. The number of H-pyrrole nitrogens is 1. The second-order valence-corrected chi connectivity index (χ2v) is 5.44. The Hall–Kier alpha value is -1.85. The fraction of sp³-hybridized carbons (Fsp3) is 0.438. The Kier molecular flexibility index (Phi) is 4.22. The smallest absolute Gasteiger partial charge is 0.323 e. The van der Waals surface area contributed by atoms with Crippen molar-refractivity contribution in [2.24, 2.45) is 5.73 Å². The molecule has 2 heterocycles. The normalized spacial score (nSPS) is 19.8. The highest BCUT2D eigenvalue weighted by Gasteiger charge is 2.21. The molecule has 0 saturated carbocycles. The number of carbonyl (C=O) groups is 1. The molecule has 1 aliphatic rings. The lowest BCUT2D eigenvalue weighted by molar-refractivity contribution is -0.148. The van der Waals surface area contributed by atoms with Crippen molar-refractivity contribution in [3.8, 4) is 0 Å². The highest BCUT2D eigenvalue weighted by molar-refractivity contribution is 5.84. The summed E-state index contributed by atoms with van der Waals surface area (Å²) in [5.74, 6) is -0.365. The number of esters is 1. The number of ether oxygens (including phenoxy) is 2. The number of aromatic nitrogens is 1. The van der Waals surface area contributed by atoms with E-state index in [2.05, 4.69) is 4.98 Å². The number of hydrogen-bond acceptors (Lipinski definition) is 4. The van der Waals surface area contributed by atoms with Gasteiger partial charge in [-0.25, -0.2) is 0 Å². The van der Waals surface area contributed by atoms with Crippen molar-refractivity contribution in [1.29, 1.82) is 0 Å². The Morgan fingerprint density at radius 1 is 1.48 bits per heavy atom. The van der Waals surface area contributed by atoms with Crippen LogP contribution in [0.4, 0.5) is 0 Å². The van der Waals surface area contributed by atoms with E-state index in [0.29, 0.717) is 13.0 Å². The maximum atomic E-state index is 11.9. The molecule has 1 aliphatic heterocycles. The minimum Gasteiger partial charge on any atom is -0.462 e. The van der Waals surface area contributed by atoms with Crippen LogP contribution in [0.1, 0.15) is 18.4 Å². The summed E-state index contributed by atoms with van der Waals surface area (Å²) in [6.45, 7) is 1.06. The lowest BCUT2D eigenvalue weighted by Crippen LogP contribution is -2.35. The molecule has 1 aromatic heterocycles. The summed E-state index contributed by atoms with van der Waals surface area (Å²) >= 11 is 0. The van der Waals surface area contributed by atoms with E-state index in [0.717, 1.165) is 35.9 Å². The average Bonchev–Trinajstić information content (AvgIpc) is 3.15. The molecule has 0 radical (unpaired) electrons. The minimum atomic E-state index is -0.648. The topological polar surface area (TPSA) is 77.3 Å². The van der Waals surface area contributed by atoms with Crippen LogP contribution in [-0.4, -0.2) is 36.3 Å². The largest absolute Gasteiger partial charge is 0.462 e. The molecule has 5 heteroatoms. The third-order valence-electron chi connectivity index (χ3n) is 3.85. The molecule has 3 rings (SSSR count). The molecule has 0 aliphatic carbocycles. The summed E-state index contributed by atoms with van der Waals surface area (Å²) in [6, 6.07) is 7.32. The molecule has 0 bridgehead atoms. The first-order valence-electron chi connectivity index (χ1n) is 7.33. The van der Waals surface area contributed by atoms with Gasteiger partial charge < -0.3 is 20.2 Å². The molecule has 5 nitrogen and oxygen atoms in total. The fourth-order valence-corrected chi connectivity index (χ4v) is 2.68. The number of benzene rings is 1. The summed E-state index contributed by atoms with van der Waals surface area (Å²) in [5.41, 5.74) is 8.04. The van der Waals surface area contributed by atoms with Crippen LogP contribution >= 0.6 is 0 Å². The van der Waals surface area contributed by atoms with Crippen LogP contribution in [0, 0.1) is 0 Å². The van der Waals surface area contributed by atoms with Crippen LogP contribution in [0.25, 0.3) is 10.9 Å². The van der Waals surface area contributed by atoms with Gasteiger partial charge in [-0.15, -0.1) is 0 Å². The molecule has 112 valence electrons. The SMILES string of the molecule is N[C@H](Cc1c[nH]c2ccccc12)C(=O)OCC1CCCO1. The summed E-state index contributed by atoms with van der Waals surface area (Å²) in [6.07, 6.45) is 4.38. The number of nitrogens with two attached hydrogens (primary N) is 1. The molecule has 2 atom stereocenters. The standard InChI is InChI=1S/C16H20N2O3/c17-14(16(19)21-10-12-4-3-7-20-12)8-11-9-18-15-6-2-1-5-13(11)15/h1-2,5-6,9,12,14,18H,3-4,7-8,10,17H2/t12?,14-/m1/s1. The minimum absolute atomic E-state index is 0.0363. The van der Waals surface area contributed by atoms with Crippen LogP contribution in [0.2, 0.25) is 0 Å². The Bertz CT molecular complexity index is 617. The first-order chi connectivity index (χ1) is 10.2. The molecular weight excluding hydrogens is 268 g/mol. The van der Waals surface area contributed by atoms with Crippen molar-refractivity contribution in [2.75, 3.05) is 13.2 Å². The number of aromatic amines is 1. The van der Waals surface area contributed by atoms with Crippen LogP contribution in [-0.2, 0) is 20.7 Å². The maximum absolute atomic E-state index is 11.9. The van der Waals surface area contributed by atoms with Gasteiger partial charge in [-0.05, 0) is 24.5 Å². The number of carbonyl (C=O) groups excluding carboxylic acids is 1. The van der Waals surface area contributed by atoms with E-state index in [1.165, 1.54) is 0 Å². The summed E-state index contributed by atoms with van der Waals surface area (Å²) in [5, 5.41) is 1.10. The van der Waals surface area contributed by atoms with Gasteiger partial charge in [-0.1, -0.05) is 18.2 Å². The van der Waals surface area contributed by atoms with E-state index in [9.17, 15) is 4.79 Å². The number of rotatable bonds is 5. The second kappa shape index (κ2) is 6.28. The molecule has 0 spiro atoms. The zero-order valence-corrected chi connectivity index (χ0v) is 11.9. The third kappa shape index (κ3) is 3.25. The second-order valence-electron chi connectivity index (χ2n) is 5.44. The molecule has 21 heavy (non-hydrogen) atoms. The van der Waals surface area contributed by atoms with Crippen molar-refractivity contribution in [1.82, 2.24) is 4.98 Å². The van der Waals surface area contributed by atoms with Crippen molar-refractivity contribution >= 4 is 16.9 Å². The first-order valence-corrected chi connectivity index (χ1v) is 7.33. The van der Waals surface area contributed by atoms with Crippen molar-refractivity contribution < 1.29 is 14.3 Å². The van der Waals surface area contributed by atoms with Crippen LogP contribution < -0.4 is 5.73 Å². The number of nitrogens with one attached hydrogen (secondary N) is 1. The summed E-state index contributed by atoms with van der Waals surface area (Å²) in [4.78, 5) is 15.1. The van der Waals surface area contributed by atoms with E-state index in [4.69, 9.17) is 15.2 Å². The molecule has 1 fully saturated rings. The monoisotopic (exact) mass is 288 g/mol. The Morgan fingerprint density at radius 2 is 2.33 bits per heavy atom. The number of hydrogen-bond donors (Lipinski definition) is 2. The molecule has 0 amide bonds. The van der Waals surface area contributed by atoms with Crippen LogP contribution in [0.5, 0.6) is 0 Å². The van der Waals surface area contributed by atoms with Crippen LogP contribution in [0.3, 0.4) is 0 Å². The van der Waals surface area contributed by atoms with Crippen molar-refractivity contribution in [3.05, 3.63) is 36.0 Å². The molecule has 2 aromatic rings. The Balaban J connectivity index is 1.57. The quantitative estimate of drug-likeness (QED) is 0.822. The molecule has 1 unspecified atom stereocenters. The predicted molar refractivity (Wildman–Crippen MR) is 79.9 cm³/mol. The van der Waals surface area contributed by atoms with E-state index in [1.54, 1.807) is 0 Å². The summed E-state index contributed by atoms with van der Waals surface area (Å²) < 4.78 is 10.7.